The molecule has 5 rings (SSSR count). The van der Waals surface area contributed by atoms with Crippen LogP contribution in [0.5, 0.6) is 28.7 Å². The van der Waals surface area contributed by atoms with E-state index in [9.17, 15) is 4.79 Å². The molecule has 3 heterocycles. The molecule has 0 N–H and O–H groups in total. The van der Waals surface area contributed by atoms with Gasteiger partial charge in [0.1, 0.15) is 35.6 Å². The summed E-state index contributed by atoms with van der Waals surface area (Å²) in [6.07, 6.45) is 4.45. The smallest absolute Gasteiger partial charge is 0.178 e. The van der Waals surface area contributed by atoms with Crippen LogP contribution in [-0.4, -0.2) is 38.3 Å². The Bertz CT molecular complexity index is 1070. The zero-order valence-corrected chi connectivity index (χ0v) is 17.5. The third-order valence-electron chi connectivity index (χ3n) is 6.25. The van der Waals surface area contributed by atoms with E-state index < -0.39 is 12.0 Å². The van der Waals surface area contributed by atoms with Crippen molar-refractivity contribution in [2.75, 3.05) is 20.8 Å². The van der Waals surface area contributed by atoms with Gasteiger partial charge in [-0.15, -0.1) is 0 Å². The summed E-state index contributed by atoms with van der Waals surface area (Å²) in [6.45, 7) is 4.40. The van der Waals surface area contributed by atoms with Gasteiger partial charge >= 0.3 is 0 Å². The van der Waals surface area contributed by atoms with Crippen molar-refractivity contribution in [1.29, 1.82) is 0 Å². The van der Waals surface area contributed by atoms with Gasteiger partial charge in [0.2, 0.25) is 0 Å². The molecule has 0 fully saturated rings. The van der Waals surface area contributed by atoms with E-state index in [-0.39, 0.29) is 18.0 Å². The molecule has 3 aliphatic rings. The highest BCUT2D eigenvalue weighted by atomic mass is 16.5. The van der Waals surface area contributed by atoms with Crippen molar-refractivity contribution < 1.29 is 28.5 Å². The highest BCUT2D eigenvalue weighted by Gasteiger charge is 2.45. The zero-order valence-electron chi connectivity index (χ0n) is 17.5. The van der Waals surface area contributed by atoms with Gasteiger partial charge in [0, 0.05) is 11.6 Å². The molecule has 0 radical (unpaired) electrons. The van der Waals surface area contributed by atoms with Crippen molar-refractivity contribution in [3.05, 3.63) is 47.0 Å². The van der Waals surface area contributed by atoms with Gasteiger partial charge in [0.25, 0.3) is 0 Å². The first-order chi connectivity index (χ1) is 14.5. The summed E-state index contributed by atoms with van der Waals surface area (Å²) in [4.78, 5) is 13.6. The van der Waals surface area contributed by atoms with Gasteiger partial charge in [-0.2, -0.15) is 0 Å². The lowest BCUT2D eigenvalue weighted by molar-refractivity contribution is 0.0551. The predicted molar refractivity (Wildman–Crippen MR) is 111 cm³/mol. The first-order valence-electron chi connectivity index (χ1n) is 10.1. The molecule has 30 heavy (non-hydrogen) atoms. The standard InChI is InChI=1S/C24H24O6/c1-5-24(2)9-8-13-16(30-24)7-6-14-22(25)21-15-10-18(26-3)19(27-4)11-17(15)28-12-20(21)29-23(13)14/h6-11,20-21H,5,12H2,1-4H3/t20-,21+,24?/m1/s1. The minimum absolute atomic E-state index is 0.0121. The molecule has 3 aliphatic heterocycles. The molecule has 2 aromatic rings. The molecular formula is C24H24O6. The number of methoxy groups -OCH3 is 2. The van der Waals surface area contributed by atoms with Gasteiger partial charge in [0.15, 0.2) is 17.3 Å². The van der Waals surface area contributed by atoms with Crippen molar-refractivity contribution in [1.82, 2.24) is 0 Å². The maximum atomic E-state index is 13.6. The Morgan fingerprint density at radius 2 is 1.90 bits per heavy atom. The molecule has 0 amide bonds. The van der Waals surface area contributed by atoms with E-state index in [0.717, 1.165) is 23.3 Å². The van der Waals surface area contributed by atoms with Crippen LogP contribution in [0, 0.1) is 0 Å². The average molecular weight is 408 g/mol. The van der Waals surface area contributed by atoms with Crippen LogP contribution in [0.25, 0.3) is 6.08 Å². The third-order valence-corrected chi connectivity index (χ3v) is 6.25. The van der Waals surface area contributed by atoms with Crippen LogP contribution < -0.4 is 23.7 Å². The first kappa shape index (κ1) is 18.9. The van der Waals surface area contributed by atoms with E-state index in [1.807, 2.05) is 31.2 Å². The molecule has 156 valence electrons. The molecule has 0 saturated heterocycles. The van der Waals surface area contributed by atoms with E-state index in [2.05, 4.69) is 6.92 Å². The first-order valence-corrected chi connectivity index (χ1v) is 10.1. The van der Waals surface area contributed by atoms with E-state index in [1.54, 1.807) is 26.4 Å². The molecule has 6 heteroatoms. The molecule has 6 nitrogen and oxygen atoms in total. The van der Waals surface area contributed by atoms with Gasteiger partial charge in [-0.05, 0) is 43.7 Å². The van der Waals surface area contributed by atoms with Crippen molar-refractivity contribution in [3.8, 4) is 28.7 Å². The lowest BCUT2D eigenvalue weighted by Crippen LogP contribution is -2.43. The monoisotopic (exact) mass is 408 g/mol. The highest BCUT2D eigenvalue weighted by molar-refractivity contribution is 6.06. The van der Waals surface area contributed by atoms with Gasteiger partial charge in [0.05, 0.1) is 31.3 Å². The lowest BCUT2D eigenvalue weighted by Gasteiger charge is -2.39. The van der Waals surface area contributed by atoms with Crippen molar-refractivity contribution in [3.63, 3.8) is 0 Å². The van der Waals surface area contributed by atoms with Crippen LogP contribution in [0.15, 0.2) is 30.3 Å². The second-order valence-electron chi connectivity index (χ2n) is 8.01. The normalized spacial score (nSPS) is 25.5. The Morgan fingerprint density at radius 3 is 2.63 bits per heavy atom. The number of ether oxygens (including phenoxy) is 5. The summed E-state index contributed by atoms with van der Waals surface area (Å²) in [5.41, 5.74) is 1.77. The topological polar surface area (TPSA) is 63.2 Å². The van der Waals surface area contributed by atoms with Crippen LogP contribution in [0.2, 0.25) is 0 Å². The van der Waals surface area contributed by atoms with Crippen LogP contribution in [0.1, 0.15) is 47.7 Å². The summed E-state index contributed by atoms with van der Waals surface area (Å²) >= 11 is 0. The second kappa shape index (κ2) is 6.69. The van der Waals surface area contributed by atoms with Gasteiger partial charge in [-0.25, -0.2) is 0 Å². The molecule has 0 aromatic heterocycles. The van der Waals surface area contributed by atoms with Crippen LogP contribution in [-0.2, 0) is 0 Å². The molecule has 3 atom stereocenters. The SMILES string of the molecule is CCC1(C)C=Cc2c(ccc3c2O[C@@H]2COc4cc(OC)c(OC)cc4[C@@H]2C3=O)O1. The quantitative estimate of drug-likeness (QED) is 0.750. The number of hydrogen-bond donors (Lipinski definition) is 0. The van der Waals surface area contributed by atoms with Crippen LogP contribution in [0.4, 0.5) is 0 Å². The van der Waals surface area contributed by atoms with Crippen molar-refractivity contribution in [2.45, 2.75) is 37.9 Å². The van der Waals surface area contributed by atoms with Crippen molar-refractivity contribution >= 4 is 11.9 Å². The fraction of sp³-hybridized carbons (Fsp3) is 0.375. The Balaban J connectivity index is 1.59. The van der Waals surface area contributed by atoms with Gasteiger partial charge in [-0.3, -0.25) is 4.79 Å². The second-order valence-corrected chi connectivity index (χ2v) is 8.01. The van der Waals surface area contributed by atoms with E-state index in [0.29, 0.717) is 28.6 Å². The number of carbonyl (C=O) groups is 1. The predicted octanol–water partition coefficient (Wildman–Crippen LogP) is 4.40. The number of hydrogen-bond acceptors (Lipinski definition) is 6. The summed E-state index contributed by atoms with van der Waals surface area (Å²) in [5.74, 6) is 2.59. The van der Waals surface area contributed by atoms with Crippen LogP contribution >= 0.6 is 0 Å². The number of carbonyl (C=O) groups excluding carboxylic acids is 1. The van der Waals surface area contributed by atoms with E-state index >= 15 is 0 Å². The highest BCUT2D eigenvalue weighted by Crippen LogP contribution is 2.49. The van der Waals surface area contributed by atoms with Crippen molar-refractivity contribution in [2.24, 2.45) is 0 Å². The summed E-state index contributed by atoms with van der Waals surface area (Å²) < 4.78 is 29.3. The zero-order chi connectivity index (χ0) is 21.0. The minimum atomic E-state index is -0.464. The molecule has 1 unspecified atom stereocenters. The summed E-state index contributed by atoms with van der Waals surface area (Å²) in [7, 11) is 3.14. The van der Waals surface area contributed by atoms with E-state index in [4.69, 9.17) is 23.7 Å². The molecule has 0 aliphatic carbocycles. The Kier molecular flexibility index (Phi) is 4.20. The molecule has 0 bridgehead atoms. The fourth-order valence-corrected chi connectivity index (χ4v) is 4.33. The molecule has 0 saturated carbocycles. The van der Waals surface area contributed by atoms with Crippen LogP contribution in [0.3, 0.4) is 0 Å². The number of fused-ring (bicyclic) bond motifs is 6. The average Bonchev–Trinajstić information content (AvgIpc) is 2.77. The maximum Gasteiger partial charge on any atom is 0.178 e. The number of benzene rings is 2. The molecular weight excluding hydrogens is 384 g/mol. The Hall–Kier alpha value is -3.15. The largest absolute Gasteiger partial charge is 0.493 e. The van der Waals surface area contributed by atoms with Gasteiger partial charge < -0.3 is 23.7 Å². The lowest BCUT2D eigenvalue weighted by atomic mass is 9.81. The molecule has 2 aromatic carbocycles. The summed E-state index contributed by atoms with van der Waals surface area (Å²) in [6, 6.07) is 7.24. The third kappa shape index (κ3) is 2.66. The Labute approximate surface area is 175 Å². The van der Waals surface area contributed by atoms with Gasteiger partial charge in [-0.1, -0.05) is 6.92 Å². The summed E-state index contributed by atoms with van der Waals surface area (Å²) in [5, 5.41) is 0. The number of Topliss-reactive ketones (excluding diaryl/α,β-unsaturated/α-hetero) is 1. The Morgan fingerprint density at radius 1 is 1.13 bits per heavy atom. The molecule has 0 spiro atoms. The van der Waals surface area contributed by atoms with E-state index in [1.165, 1.54) is 0 Å². The number of rotatable bonds is 3. The number of ketones is 1. The maximum absolute atomic E-state index is 13.6. The minimum Gasteiger partial charge on any atom is -0.493 e. The fourth-order valence-electron chi connectivity index (χ4n) is 4.33.